The molecule has 1 amide bonds. The number of carbonyl (C=O) groups is 2. The summed E-state index contributed by atoms with van der Waals surface area (Å²) in [7, 11) is 1.24. The van der Waals surface area contributed by atoms with E-state index >= 15 is 0 Å². The van der Waals surface area contributed by atoms with E-state index in [4.69, 9.17) is 9.47 Å². The van der Waals surface area contributed by atoms with Crippen LogP contribution in [-0.4, -0.2) is 23.6 Å². The van der Waals surface area contributed by atoms with Crippen molar-refractivity contribution >= 4 is 33.4 Å². The number of aromatic nitrogens is 1. The molecule has 3 aromatic carbocycles. The fraction of sp³-hybridized carbons (Fsp3) is 0.0870. The summed E-state index contributed by atoms with van der Waals surface area (Å²) in [6.45, 7) is -0.272. The van der Waals surface area contributed by atoms with Crippen LogP contribution < -0.4 is 9.54 Å². The largest absolute Gasteiger partial charge is 0.468 e. The van der Waals surface area contributed by atoms with Crippen molar-refractivity contribution in [3.8, 4) is 11.5 Å². The van der Waals surface area contributed by atoms with Gasteiger partial charge in [0.25, 0.3) is 5.91 Å². The molecule has 31 heavy (non-hydrogen) atoms. The highest BCUT2D eigenvalue weighted by Crippen LogP contribution is 2.26. The van der Waals surface area contributed by atoms with Crippen LogP contribution in [0.25, 0.3) is 10.2 Å². The molecule has 0 bridgehead atoms. The Balaban J connectivity index is 1.79. The van der Waals surface area contributed by atoms with Crippen molar-refractivity contribution in [3.05, 3.63) is 89.0 Å². The van der Waals surface area contributed by atoms with Crippen LogP contribution in [0.4, 0.5) is 4.39 Å². The van der Waals surface area contributed by atoms with Gasteiger partial charge in [-0.1, -0.05) is 47.7 Å². The number of nitrogens with zero attached hydrogens (tertiary/aromatic N) is 2. The molecule has 0 fully saturated rings. The van der Waals surface area contributed by atoms with Gasteiger partial charge < -0.3 is 14.0 Å². The fourth-order valence-electron chi connectivity index (χ4n) is 3.01. The lowest BCUT2D eigenvalue weighted by molar-refractivity contribution is -0.141. The Labute approximate surface area is 180 Å². The summed E-state index contributed by atoms with van der Waals surface area (Å²) >= 11 is 1.11. The van der Waals surface area contributed by atoms with E-state index in [1.165, 1.54) is 17.7 Å². The van der Waals surface area contributed by atoms with Gasteiger partial charge in [0.2, 0.25) is 0 Å². The second-order valence-electron chi connectivity index (χ2n) is 6.46. The van der Waals surface area contributed by atoms with Crippen molar-refractivity contribution in [2.75, 3.05) is 7.11 Å². The molecule has 1 heterocycles. The number of esters is 1. The van der Waals surface area contributed by atoms with Crippen LogP contribution in [-0.2, 0) is 16.1 Å². The minimum Gasteiger partial charge on any atom is -0.468 e. The second-order valence-corrected chi connectivity index (χ2v) is 7.47. The van der Waals surface area contributed by atoms with Crippen LogP contribution in [0.3, 0.4) is 0 Å². The van der Waals surface area contributed by atoms with Gasteiger partial charge in [0.15, 0.2) is 4.80 Å². The molecule has 0 unspecified atom stereocenters. The summed E-state index contributed by atoms with van der Waals surface area (Å²) in [4.78, 5) is 29.3. The van der Waals surface area contributed by atoms with E-state index in [0.717, 1.165) is 11.3 Å². The number of halogens is 1. The molecule has 0 saturated heterocycles. The van der Waals surface area contributed by atoms with Gasteiger partial charge in [0.1, 0.15) is 23.9 Å². The molecule has 0 spiro atoms. The average Bonchev–Trinajstić information content (AvgIpc) is 3.12. The van der Waals surface area contributed by atoms with Crippen LogP contribution in [0.15, 0.2) is 77.8 Å². The topological polar surface area (TPSA) is 69.9 Å². The molecule has 0 radical (unpaired) electrons. The molecule has 0 saturated carbocycles. The first-order valence-electron chi connectivity index (χ1n) is 9.32. The van der Waals surface area contributed by atoms with Crippen LogP contribution in [0.1, 0.15) is 10.4 Å². The normalized spacial score (nSPS) is 11.5. The predicted molar refractivity (Wildman–Crippen MR) is 115 cm³/mol. The number of hydrogen-bond acceptors (Lipinski definition) is 5. The standard InChI is InChI=1S/C23H17FN2O4S/c1-29-20(27)14-26-21-17(24)11-7-13-19(21)31-23(26)25-22(28)16-10-5-6-12-18(16)30-15-8-3-2-4-9-15/h2-13H,14H2,1H3. The molecular weight excluding hydrogens is 419 g/mol. The second kappa shape index (κ2) is 8.93. The van der Waals surface area contributed by atoms with Crippen LogP contribution in [0.2, 0.25) is 0 Å². The molecule has 8 heteroatoms. The highest BCUT2D eigenvalue weighted by molar-refractivity contribution is 7.16. The summed E-state index contributed by atoms with van der Waals surface area (Å²) in [5, 5.41) is 0. The molecule has 156 valence electrons. The van der Waals surface area contributed by atoms with Crippen molar-refractivity contribution in [1.29, 1.82) is 0 Å². The Morgan fingerprint density at radius 3 is 2.52 bits per heavy atom. The van der Waals surface area contributed by atoms with Crippen LogP contribution in [0, 0.1) is 5.82 Å². The quantitative estimate of drug-likeness (QED) is 0.431. The maximum absolute atomic E-state index is 14.5. The van der Waals surface area contributed by atoms with E-state index in [9.17, 15) is 14.0 Å². The van der Waals surface area contributed by atoms with E-state index in [1.54, 1.807) is 48.5 Å². The summed E-state index contributed by atoms with van der Waals surface area (Å²) < 4.78 is 26.9. The smallest absolute Gasteiger partial charge is 0.325 e. The maximum Gasteiger partial charge on any atom is 0.325 e. The molecule has 0 aliphatic heterocycles. The lowest BCUT2D eigenvalue weighted by atomic mass is 10.2. The van der Waals surface area contributed by atoms with Crippen molar-refractivity contribution < 1.29 is 23.5 Å². The van der Waals surface area contributed by atoms with Crippen LogP contribution in [0.5, 0.6) is 11.5 Å². The first-order chi connectivity index (χ1) is 15.1. The Bertz CT molecular complexity index is 1330. The zero-order valence-electron chi connectivity index (χ0n) is 16.4. The number of ether oxygens (including phenoxy) is 2. The summed E-state index contributed by atoms with van der Waals surface area (Å²) in [6.07, 6.45) is 0. The molecule has 0 N–H and O–H groups in total. The van der Waals surface area contributed by atoms with Crippen LogP contribution >= 0.6 is 11.3 Å². The summed E-state index contributed by atoms with van der Waals surface area (Å²) in [5.41, 5.74) is 0.437. The number of thiazole rings is 1. The molecule has 0 aliphatic rings. The first kappa shape index (κ1) is 20.5. The third-order valence-electron chi connectivity index (χ3n) is 4.45. The lowest BCUT2D eigenvalue weighted by Gasteiger charge is -2.08. The fourth-order valence-corrected chi connectivity index (χ4v) is 4.05. The number of hydrogen-bond donors (Lipinski definition) is 0. The molecule has 4 rings (SSSR count). The number of carbonyl (C=O) groups excluding carboxylic acids is 2. The molecule has 0 atom stereocenters. The minimum absolute atomic E-state index is 0.185. The Kier molecular flexibility index (Phi) is 5.90. The van der Waals surface area contributed by atoms with Gasteiger partial charge in [-0.15, -0.1) is 0 Å². The predicted octanol–water partition coefficient (Wildman–Crippen LogP) is 4.55. The number of rotatable bonds is 5. The van der Waals surface area contributed by atoms with Crippen molar-refractivity contribution in [3.63, 3.8) is 0 Å². The SMILES string of the molecule is COC(=O)Cn1c(=NC(=O)c2ccccc2Oc2ccccc2)sc2cccc(F)c21. The average molecular weight is 436 g/mol. The molecule has 6 nitrogen and oxygen atoms in total. The highest BCUT2D eigenvalue weighted by Gasteiger charge is 2.17. The van der Waals surface area contributed by atoms with Crippen molar-refractivity contribution in [2.24, 2.45) is 4.99 Å². The Morgan fingerprint density at radius 2 is 1.74 bits per heavy atom. The van der Waals surface area contributed by atoms with E-state index in [1.807, 2.05) is 18.2 Å². The maximum atomic E-state index is 14.5. The number of amides is 1. The zero-order chi connectivity index (χ0) is 21.8. The van der Waals surface area contributed by atoms with Crippen molar-refractivity contribution in [2.45, 2.75) is 6.54 Å². The molecule has 4 aromatic rings. The van der Waals surface area contributed by atoms with E-state index in [2.05, 4.69) is 4.99 Å². The highest BCUT2D eigenvalue weighted by atomic mass is 32.1. The monoisotopic (exact) mass is 436 g/mol. The van der Waals surface area contributed by atoms with Gasteiger partial charge in [0, 0.05) is 0 Å². The summed E-state index contributed by atoms with van der Waals surface area (Å²) in [6, 6.07) is 20.3. The zero-order valence-corrected chi connectivity index (χ0v) is 17.3. The third-order valence-corrected chi connectivity index (χ3v) is 5.50. The Hall–Kier alpha value is -3.78. The summed E-state index contributed by atoms with van der Waals surface area (Å²) in [5.74, 6) is -0.747. The molecule has 1 aromatic heterocycles. The van der Waals surface area contributed by atoms with Gasteiger partial charge in [-0.3, -0.25) is 9.59 Å². The van der Waals surface area contributed by atoms with Gasteiger partial charge >= 0.3 is 5.97 Å². The first-order valence-corrected chi connectivity index (χ1v) is 10.1. The van der Waals surface area contributed by atoms with Gasteiger partial charge in [0.05, 0.1) is 22.9 Å². The number of benzene rings is 3. The minimum atomic E-state index is -0.579. The third kappa shape index (κ3) is 4.39. The van der Waals surface area contributed by atoms with Gasteiger partial charge in [-0.25, -0.2) is 4.39 Å². The van der Waals surface area contributed by atoms with Gasteiger partial charge in [-0.2, -0.15) is 4.99 Å². The number of methoxy groups -OCH3 is 1. The van der Waals surface area contributed by atoms with E-state index in [-0.39, 0.29) is 22.4 Å². The number of para-hydroxylation sites is 3. The van der Waals surface area contributed by atoms with E-state index in [0.29, 0.717) is 16.2 Å². The lowest BCUT2D eigenvalue weighted by Crippen LogP contribution is -2.23. The van der Waals surface area contributed by atoms with Crippen molar-refractivity contribution in [1.82, 2.24) is 4.57 Å². The Morgan fingerprint density at radius 1 is 1.00 bits per heavy atom. The van der Waals surface area contributed by atoms with E-state index < -0.39 is 17.7 Å². The molecular formula is C23H17FN2O4S. The van der Waals surface area contributed by atoms with Gasteiger partial charge in [-0.05, 0) is 36.4 Å². The molecule has 0 aliphatic carbocycles. The number of fused-ring (bicyclic) bond motifs is 1.